The maximum absolute atomic E-state index is 5.47. The molecule has 7 nitrogen and oxygen atoms in total. The molecule has 0 aliphatic carbocycles. The summed E-state index contributed by atoms with van der Waals surface area (Å²) in [5, 5.41) is 15.8. The molecule has 0 aliphatic rings. The molecule has 16 heavy (non-hydrogen) atoms. The van der Waals surface area contributed by atoms with Crippen LogP contribution in [0, 0.1) is 0 Å². The van der Waals surface area contributed by atoms with Crippen molar-refractivity contribution >= 4 is 0 Å². The second-order valence-corrected chi connectivity index (χ2v) is 3.55. The van der Waals surface area contributed by atoms with Crippen LogP contribution in [-0.4, -0.2) is 29.8 Å². The second kappa shape index (κ2) is 4.84. The van der Waals surface area contributed by atoms with Crippen LogP contribution in [0.15, 0.2) is 12.5 Å². The molecule has 2 aromatic heterocycles. The third-order valence-electron chi connectivity index (χ3n) is 2.26. The molecule has 0 saturated carbocycles. The van der Waals surface area contributed by atoms with Crippen molar-refractivity contribution in [1.29, 1.82) is 0 Å². The molecular formula is C9H15N7. The highest BCUT2D eigenvalue weighted by Gasteiger charge is 2.06. The fraction of sp³-hybridized carbons (Fsp3) is 0.556. The van der Waals surface area contributed by atoms with E-state index in [0.717, 1.165) is 24.5 Å². The minimum absolute atomic E-state index is 0.404. The fourth-order valence-corrected chi connectivity index (χ4v) is 1.48. The van der Waals surface area contributed by atoms with Crippen LogP contribution < -0.4 is 5.73 Å². The number of rotatable bonds is 5. The van der Waals surface area contributed by atoms with E-state index in [-0.39, 0.29) is 0 Å². The molecule has 0 fully saturated rings. The van der Waals surface area contributed by atoms with Gasteiger partial charge in [0.1, 0.15) is 12.9 Å². The summed E-state index contributed by atoms with van der Waals surface area (Å²) < 4.78 is 3.74. The van der Waals surface area contributed by atoms with Gasteiger partial charge in [-0.2, -0.15) is 0 Å². The minimum atomic E-state index is 0.404. The van der Waals surface area contributed by atoms with E-state index in [1.54, 1.807) is 11.0 Å². The van der Waals surface area contributed by atoms with Crippen molar-refractivity contribution in [2.75, 3.05) is 0 Å². The lowest BCUT2D eigenvalue weighted by atomic mass is 10.4. The number of aromatic nitrogens is 6. The molecule has 86 valence electrons. The highest BCUT2D eigenvalue weighted by molar-refractivity contribution is 4.93. The van der Waals surface area contributed by atoms with E-state index >= 15 is 0 Å². The van der Waals surface area contributed by atoms with Crippen molar-refractivity contribution in [3.8, 4) is 0 Å². The van der Waals surface area contributed by atoms with E-state index in [9.17, 15) is 0 Å². The molecular weight excluding hydrogens is 206 g/mol. The zero-order chi connectivity index (χ0) is 11.4. The summed E-state index contributed by atoms with van der Waals surface area (Å²) in [7, 11) is 0. The first-order valence-electron chi connectivity index (χ1n) is 5.29. The first-order valence-corrected chi connectivity index (χ1v) is 5.29. The first kappa shape index (κ1) is 10.7. The maximum Gasteiger partial charge on any atom is 0.154 e. The zero-order valence-corrected chi connectivity index (χ0v) is 9.24. The third kappa shape index (κ3) is 2.25. The van der Waals surface area contributed by atoms with E-state index < -0.39 is 0 Å². The van der Waals surface area contributed by atoms with Crippen LogP contribution in [0.5, 0.6) is 0 Å². The van der Waals surface area contributed by atoms with Gasteiger partial charge in [-0.25, -0.2) is 4.68 Å². The van der Waals surface area contributed by atoms with E-state index in [1.165, 1.54) is 0 Å². The van der Waals surface area contributed by atoms with Gasteiger partial charge >= 0.3 is 0 Å². The van der Waals surface area contributed by atoms with Gasteiger partial charge in [-0.1, -0.05) is 12.1 Å². The van der Waals surface area contributed by atoms with Gasteiger partial charge in [-0.05, 0) is 6.42 Å². The largest absolute Gasteiger partial charge is 0.325 e. The fourth-order valence-electron chi connectivity index (χ4n) is 1.48. The summed E-state index contributed by atoms with van der Waals surface area (Å²) in [4.78, 5) is 0. The van der Waals surface area contributed by atoms with Crippen molar-refractivity contribution in [3.63, 3.8) is 0 Å². The van der Waals surface area contributed by atoms with Gasteiger partial charge in [0.2, 0.25) is 0 Å². The lowest BCUT2D eigenvalue weighted by molar-refractivity contribution is 0.570. The number of hydrogen-bond donors (Lipinski definition) is 1. The molecule has 0 aromatic carbocycles. The van der Waals surface area contributed by atoms with Crippen LogP contribution in [0.4, 0.5) is 0 Å². The summed E-state index contributed by atoms with van der Waals surface area (Å²) in [6, 6.07) is 0. The lowest BCUT2D eigenvalue weighted by Gasteiger charge is -2.03. The molecule has 0 atom stereocenters. The summed E-state index contributed by atoms with van der Waals surface area (Å²) in [5.74, 6) is 0.885. The van der Waals surface area contributed by atoms with Crippen molar-refractivity contribution < 1.29 is 0 Å². The molecule has 2 N–H and O–H groups in total. The van der Waals surface area contributed by atoms with Crippen LogP contribution in [0.2, 0.25) is 0 Å². The van der Waals surface area contributed by atoms with Gasteiger partial charge in [0.05, 0.1) is 11.9 Å². The highest BCUT2D eigenvalue weighted by atomic mass is 15.4. The Morgan fingerprint density at radius 1 is 1.38 bits per heavy atom. The molecule has 0 spiro atoms. The van der Waals surface area contributed by atoms with Gasteiger partial charge < -0.3 is 10.3 Å². The van der Waals surface area contributed by atoms with Crippen LogP contribution in [0.3, 0.4) is 0 Å². The summed E-state index contributed by atoms with van der Waals surface area (Å²) in [6.45, 7) is 4.02. The van der Waals surface area contributed by atoms with Crippen LogP contribution in [0.25, 0.3) is 0 Å². The highest BCUT2D eigenvalue weighted by Crippen LogP contribution is 2.00. The van der Waals surface area contributed by atoms with Crippen molar-refractivity contribution in [3.05, 3.63) is 24.0 Å². The standard InChI is InChI=1S/C9H15N7/c1-2-3-15-7-11-13-9(15)6-16-5-8(4-10)12-14-16/h5,7H,2-4,6,10H2,1H3. The zero-order valence-electron chi connectivity index (χ0n) is 9.24. The number of aryl methyl sites for hydroxylation is 1. The third-order valence-corrected chi connectivity index (χ3v) is 2.26. The van der Waals surface area contributed by atoms with Gasteiger partial charge in [-0.15, -0.1) is 15.3 Å². The average molecular weight is 221 g/mol. The van der Waals surface area contributed by atoms with E-state index in [2.05, 4.69) is 27.4 Å². The van der Waals surface area contributed by atoms with Crippen LogP contribution in [0.1, 0.15) is 24.9 Å². The molecule has 0 unspecified atom stereocenters. The smallest absolute Gasteiger partial charge is 0.154 e. The Bertz CT molecular complexity index is 444. The Morgan fingerprint density at radius 3 is 2.94 bits per heavy atom. The molecule has 7 heteroatoms. The van der Waals surface area contributed by atoms with E-state index in [1.807, 2.05) is 10.8 Å². The Morgan fingerprint density at radius 2 is 2.25 bits per heavy atom. The normalized spacial score (nSPS) is 10.9. The quantitative estimate of drug-likeness (QED) is 0.754. The number of nitrogens with two attached hydrogens (primary N) is 1. The molecule has 2 heterocycles. The minimum Gasteiger partial charge on any atom is -0.325 e. The summed E-state index contributed by atoms with van der Waals surface area (Å²) in [6.07, 6.45) is 4.61. The lowest BCUT2D eigenvalue weighted by Crippen LogP contribution is -2.09. The van der Waals surface area contributed by atoms with Crippen LogP contribution in [-0.2, 0) is 19.6 Å². The molecule has 0 amide bonds. The second-order valence-electron chi connectivity index (χ2n) is 3.55. The Labute approximate surface area is 93.3 Å². The average Bonchev–Trinajstić information content (AvgIpc) is 2.90. The number of hydrogen-bond acceptors (Lipinski definition) is 5. The van der Waals surface area contributed by atoms with E-state index in [0.29, 0.717) is 13.1 Å². The SMILES string of the molecule is CCCn1cnnc1Cn1cc(CN)nn1. The van der Waals surface area contributed by atoms with Crippen molar-refractivity contribution in [2.45, 2.75) is 33.0 Å². The Balaban J connectivity index is 2.10. The monoisotopic (exact) mass is 221 g/mol. The van der Waals surface area contributed by atoms with Crippen molar-refractivity contribution in [2.24, 2.45) is 5.73 Å². The predicted octanol–water partition coefficient (Wildman–Crippen LogP) is -0.213. The van der Waals surface area contributed by atoms with Gasteiger partial charge in [0, 0.05) is 13.1 Å². The van der Waals surface area contributed by atoms with Crippen molar-refractivity contribution in [1.82, 2.24) is 29.8 Å². The number of nitrogens with zero attached hydrogens (tertiary/aromatic N) is 6. The predicted molar refractivity (Wildman–Crippen MR) is 57.3 cm³/mol. The molecule has 0 saturated heterocycles. The summed E-state index contributed by atoms with van der Waals surface area (Å²) in [5.41, 5.74) is 6.24. The van der Waals surface area contributed by atoms with Gasteiger partial charge in [0.25, 0.3) is 0 Å². The van der Waals surface area contributed by atoms with Crippen LogP contribution >= 0.6 is 0 Å². The van der Waals surface area contributed by atoms with E-state index in [4.69, 9.17) is 5.73 Å². The first-order chi connectivity index (χ1) is 7.83. The topological polar surface area (TPSA) is 87.4 Å². The Hall–Kier alpha value is -1.76. The van der Waals surface area contributed by atoms with Gasteiger partial charge in [0.15, 0.2) is 5.82 Å². The Kier molecular flexibility index (Phi) is 3.25. The summed E-state index contributed by atoms with van der Waals surface area (Å²) >= 11 is 0. The molecule has 0 bridgehead atoms. The maximum atomic E-state index is 5.47. The molecule has 2 aromatic rings. The molecule has 0 radical (unpaired) electrons. The molecule has 2 rings (SSSR count). The molecule has 0 aliphatic heterocycles. The van der Waals surface area contributed by atoms with Gasteiger partial charge in [-0.3, -0.25) is 0 Å².